The SMILES string of the molecule is COC(=O)N1C(=O)/C(=C(/C)C[C@@H](C[N+](=O)[O-])c2ccccc2)c2ccc(Cl)cc21. The van der Waals surface area contributed by atoms with Crippen LogP contribution in [0.15, 0.2) is 54.1 Å². The van der Waals surface area contributed by atoms with Gasteiger partial charge in [0.05, 0.1) is 18.7 Å². The number of carbonyl (C=O) groups is 2. The molecule has 7 nitrogen and oxygen atoms in total. The van der Waals surface area contributed by atoms with Crippen molar-refractivity contribution in [3.8, 4) is 0 Å². The fourth-order valence-corrected chi connectivity index (χ4v) is 3.75. The van der Waals surface area contributed by atoms with E-state index in [1.54, 1.807) is 19.1 Å². The summed E-state index contributed by atoms with van der Waals surface area (Å²) in [5.41, 5.74) is 2.70. The van der Waals surface area contributed by atoms with Crippen molar-refractivity contribution >= 4 is 34.9 Å². The minimum atomic E-state index is -0.814. The van der Waals surface area contributed by atoms with Crippen molar-refractivity contribution in [1.82, 2.24) is 0 Å². The van der Waals surface area contributed by atoms with E-state index >= 15 is 0 Å². The van der Waals surface area contributed by atoms with Gasteiger partial charge in [-0.2, -0.15) is 0 Å². The van der Waals surface area contributed by atoms with Crippen LogP contribution in [0.4, 0.5) is 10.5 Å². The van der Waals surface area contributed by atoms with E-state index in [4.69, 9.17) is 16.3 Å². The van der Waals surface area contributed by atoms with E-state index in [0.29, 0.717) is 33.8 Å². The Morgan fingerprint density at radius 2 is 1.93 bits per heavy atom. The van der Waals surface area contributed by atoms with E-state index in [0.717, 1.165) is 10.5 Å². The van der Waals surface area contributed by atoms with E-state index in [2.05, 4.69) is 0 Å². The van der Waals surface area contributed by atoms with Gasteiger partial charge in [-0.25, -0.2) is 9.69 Å². The Hall–Kier alpha value is -3.19. The molecule has 0 aliphatic carbocycles. The number of benzene rings is 2. The molecule has 29 heavy (non-hydrogen) atoms. The van der Waals surface area contributed by atoms with Gasteiger partial charge in [0.15, 0.2) is 0 Å². The van der Waals surface area contributed by atoms with Crippen molar-refractivity contribution in [2.24, 2.45) is 0 Å². The van der Waals surface area contributed by atoms with Crippen LogP contribution in [0, 0.1) is 10.1 Å². The zero-order valence-electron chi connectivity index (χ0n) is 15.9. The fraction of sp³-hybridized carbons (Fsp3) is 0.238. The Labute approximate surface area is 172 Å². The zero-order valence-corrected chi connectivity index (χ0v) is 16.7. The third-order valence-corrected chi connectivity index (χ3v) is 5.10. The van der Waals surface area contributed by atoms with Gasteiger partial charge in [0, 0.05) is 21.1 Å². The zero-order chi connectivity index (χ0) is 21.1. The Morgan fingerprint density at radius 1 is 1.24 bits per heavy atom. The van der Waals surface area contributed by atoms with Crippen molar-refractivity contribution < 1.29 is 19.2 Å². The Kier molecular flexibility index (Phi) is 5.98. The number of anilines is 1. The summed E-state index contributed by atoms with van der Waals surface area (Å²) in [6.07, 6.45) is -0.519. The van der Waals surface area contributed by atoms with Gasteiger partial charge in [0.2, 0.25) is 6.54 Å². The number of rotatable bonds is 5. The number of nitrogens with zero attached hydrogens (tertiary/aromatic N) is 2. The molecule has 0 saturated heterocycles. The third kappa shape index (κ3) is 4.14. The first kappa shape index (κ1) is 20.5. The number of methoxy groups -OCH3 is 1. The predicted molar refractivity (Wildman–Crippen MR) is 110 cm³/mol. The maximum absolute atomic E-state index is 13.0. The molecule has 3 rings (SSSR count). The Balaban J connectivity index is 2.05. The van der Waals surface area contributed by atoms with Gasteiger partial charge in [-0.1, -0.05) is 53.6 Å². The van der Waals surface area contributed by atoms with Crippen LogP contribution in [-0.4, -0.2) is 30.6 Å². The lowest BCUT2D eigenvalue weighted by atomic mass is 9.89. The number of fused-ring (bicyclic) bond motifs is 1. The van der Waals surface area contributed by atoms with E-state index < -0.39 is 17.9 Å². The average molecular weight is 415 g/mol. The summed E-state index contributed by atoms with van der Waals surface area (Å²) in [5, 5.41) is 11.6. The number of halogens is 1. The second-order valence-electron chi connectivity index (χ2n) is 6.75. The summed E-state index contributed by atoms with van der Waals surface area (Å²) < 4.78 is 4.74. The molecule has 0 bridgehead atoms. The second-order valence-corrected chi connectivity index (χ2v) is 7.19. The summed E-state index contributed by atoms with van der Waals surface area (Å²) in [5.74, 6) is -0.936. The molecule has 1 aliphatic heterocycles. The first-order chi connectivity index (χ1) is 13.8. The summed E-state index contributed by atoms with van der Waals surface area (Å²) in [6.45, 7) is 1.49. The van der Waals surface area contributed by atoms with E-state index in [-0.39, 0.29) is 11.5 Å². The lowest BCUT2D eigenvalue weighted by molar-refractivity contribution is -0.483. The highest BCUT2D eigenvalue weighted by molar-refractivity contribution is 6.40. The minimum Gasteiger partial charge on any atom is -0.452 e. The highest BCUT2D eigenvalue weighted by Crippen LogP contribution is 2.42. The van der Waals surface area contributed by atoms with Crippen LogP contribution in [0.3, 0.4) is 0 Å². The number of hydrogen-bond acceptors (Lipinski definition) is 5. The van der Waals surface area contributed by atoms with Crippen LogP contribution in [0.2, 0.25) is 5.02 Å². The van der Waals surface area contributed by atoms with Gasteiger partial charge in [0.1, 0.15) is 0 Å². The average Bonchev–Trinajstić information content (AvgIpc) is 2.98. The summed E-state index contributed by atoms with van der Waals surface area (Å²) in [7, 11) is 1.19. The van der Waals surface area contributed by atoms with Gasteiger partial charge in [0.25, 0.3) is 5.91 Å². The number of nitro groups is 1. The predicted octanol–water partition coefficient (Wildman–Crippen LogP) is 4.68. The largest absolute Gasteiger partial charge is 0.452 e. The van der Waals surface area contributed by atoms with Crippen LogP contribution in [-0.2, 0) is 9.53 Å². The van der Waals surface area contributed by atoms with Gasteiger partial charge in [-0.05, 0) is 31.0 Å². The fourth-order valence-electron chi connectivity index (χ4n) is 3.59. The number of allylic oxidation sites excluding steroid dienone is 1. The van der Waals surface area contributed by atoms with Gasteiger partial charge in [-0.15, -0.1) is 0 Å². The molecule has 0 N–H and O–H groups in total. The topological polar surface area (TPSA) is 89.8 Å². The van der Waals surface area contributed by atoms with E-state index in [1.165, 1.54) is 13.2 Å². The maximum atomic E-state index is 13.0. The van der Waals surface area contributed by atoms with E-state index in [1.807, 2.05) is 30.3 Å². The molecule has 1 atom stereocenters. The second kappa shape index (κ2) is 8.45. The monoisotopic (exact) mass is 414 g/mol. The summed E-state index contributed by atoms with van der Waals surface area (Å²) in [6, 6.07) is 14.0. The third-order valence-electron chi connectivity index (χ3n) is 4.86. The van der Waals surface area contributed by atoms with Crippen molar-refractivity contribution in [1.29, 1.82) is 0 Å². The lowest BCUT2D eigenvalue weighted by Crippen LogP contribution is -2.33. The van der Waals surface area contributed by atoms with Crippen molar-refractivity contribution in [3.05, 3.63) is 80.4 Å². The van der Waals surface area contributed by atoms with Crippen molar-refractivity contribution in [2.75, 3.05) is 18.6 Å². The molecule has 0 aromatic heterocycles. The molecule has 150 valence electrons. The quantitative estimate of drug-likeness (QED) is 0.402. The first-order valence-corrected chi connectivity index (χ1v) is 9.30. The first-order valence-electron chi connectivity index (χ1n) is 8.92. The summed E-state index contributed by atoms with van der Waals surface area (Å²) in [4.78, 5) is 37.0. The van der Waals surface area contributed by atoms with Gasteiger partial charge in [-0.3, -0.25) is 14.9 Å². The molecule has 0 unspecified atom stereocenters. The summed E-state index contributed by atoms with van der Waals surface area (Å²) >= 11 is 6.05. The van der Waals surface area contributed by atoms with Crippen LogP contribution in [0.5, 0.6) is 0 Å². The molecule has 0 fully saturated rings. The molecule has 1 aliphatic rings. The molecular weight excluding hydrogens is 396 g/mol. The van der Waals surface area contributed by atoms with Crippen LogP contribution in [0.25, 0.3) is 5.57 Å². The smallest absolute Gasteiger partial charge is 0.421 e. The van der Waals surface area contributed by atoms with Gasteiger partial charge < -0.3 is 4.74 Å². The number of carbonyl (C=O) groups excluding carboxylic acids is 2. The molecule has 8 heteroatoms. The van der Waals surface area contributed by atoms with Crippen molar-refractivity contribution in [3.63, 3.8) is 0 Å². The Morgan fingerprint density at radius 3 is 2.55 bits per heavy atom. The normalized spacial score (nSPS) is 15.7. The van der Waals surface area contributed by atoms with Crippen LogP contribution in [0.1, 0.15) is 30.4 Å². The van der Waals surface area contributed by atoms with Gasteiger partial charge >= 0.3 is 6.09 Å². The number of amides is 2. The van der Waals surface area contributed by atoms with Crippen LogP contribution < -0.4 is 4.90 Å². The highest BCUT2D eigenvalue weighted by Gasteiger charge is 2.39. The van der Waals surface area contributed by atoms with E-state index in [9.17, 15) is 19.7 Å². The standard InChI is InChI=1S/C21H19ClN2O5/c1-13(10-15(12-23(27)28)14-6-4-3-5-7-14)19-17-9-8-16(22)11-18(17)24(20(19)25)21(26)29-2/h3-9,11,15H,10,12H2,1-2H3/b19-13-/t15-/m0/s1. The molecule has 2 amide bonds. The molecule has 0 radical (unpaired) electrons. The number of ether oxygens (including phenoxy) is 1. The molecule has 0 saturated carbocycles. The highest BCUT2D eigenvalue weighted by atomic mass is 35.5. The Bertz CT molecular complexity index is 1000. The molecule has 2 aromatic carbocycles. The number of hydrogen-bond donors (Lipinski definition) is 0. The minimum absolute atomic E-state index is 0.267. The lowest BCUT2D eigenvalue weighted by Gasteiger charge is -2.16. The molecule has 2 aromatic rings. The maximum Gasteiger partial charge on any atom is 0.421 e. The van der Waals surface area contributed by atoms with Crippen LogP contribution >= 0.6 is 11.6 Å². The molecular formula is C21H19ClN2O5. The number of imide groups is 1. The molecule has 1 heterocycles. The van der Waals surface area contributed by atoms with Crippen molar-refractivity contribution in [2.45, 2.75) is 19.3 Å². The molecule has 0 spiro atoms.